The van der Waals surface area contributed by atoms with Crippen LogP contribution in [0.4, 0.5) is 8.78 Å². The van der Waals surface area contributed by atoms with Gasteiger partial charge < -0.3 is 9.84 Å². The zero-order valence-corrected chi connectivity index (χ0v) is 6.88. The lowest BCUT2D eigenvalue weighted by Crippen LogP contribution is -2.43. The van der Waals surface area contributed by atoms with Gasteiger partial charge in [-0.25, -0.2) is 0 Å². The van der Waals surface area contributed by atoms with E-state index in [1.165, 1.54) is 0 Å². The van der Waals surface area contributed by atoms with Crippen LogP contribution in [0.5, 0.6) is 0 Å². The summed E-state index contributed by atoms with van der Waals surface area (Å²) in [4.78, 5) is 0. The van der Waals surface area contributed by atoms with E-state index in [4.69, 9.17) is 9.66 Å². The topological polar surface area (TPSA) is 83.8 Å². The van der Waals surface area contributed by atoms with Crippen LogP contribution in [0, 0.1) is 0 Å². The highest BCUT2D eigenvalue weighted by atomic mass is 32.2. The summed E-state index contributed by atoms with van der Waals surface area (Å²) in [6.45, 7) is -0.882. The van der Waals surface area contributed by atoms with Crippen LogP contribution in [0.3, 0.4) is 0 Å². The minimum absolute atomic E-state index is 0.882. The molecule has 5 nitrogen and oxygen atoms in total. The summed E-state index contributed by atoms with van der Waals surface area (Å²) in [5.41, 5.74) is 0. The van der Waals surface area contributed by atoms with Crippen molar-refractivity contribution in [3.63, 3.8) is 0 Å². The summed E-state index contributed by atoms with van der Waals surface area (Å²) in [6, 6.07) is 0. The molecule has 0 aliphatic rings. The number of halogens is 2. The van der Waals surface area contributed by atoms with E-state index in [9.17, 15) is 17.2 Å². The molecule has 0 aromatic heterocycles. The fourth-order valence-corrected chi connectivity index (χ4v) is 0.839. The Balaban J connectivity index is 4.62. The van der Waals surface area contributed by atoms with E-state index < -0.39 is 28.1 Å². The number of hydrogen-bond donors (Lipinski definition) is 2. The number of hydrogen-bond acceptors (Lipinski definition) is 4. The maximum Gasteiger partial charge on any atom is 0.397 e. The number of aliphatic hydroxyl groups is 1. The van der Waals surface area contributed by atoms with Gasteiger partial charge in [0.2, 0.25) is 0 Å². The summed E-state index contributed by atoms with van der Waals surface area (Å²) in [5.74, 6) is 0. The average Bonchev–Trinajstić information content (AvgIpc) is 1.85. The van der Waals surface area contributed by atoms with E-state index in [1.54, 1.807) is 0 Å². The van der Waals surface area contributed by atoms with Crippen LogP contribution in [0.25, 0.3) is 0 Å². The first-order valence-corrected chi connectivity index (χ1v) is 4.19. The third kappa shape index (κ3) is 2.34. The van der Waals surface area contributed by atoms with Crippen molar-refractivity contribution in [3.05, 3.63) is 0 Å². The van der Waals surface area contributed by atoms with Crippen molar-refractivity contribution in [2.24, 2.45) is 0 Å². The van der Waals surface area contributed by atoms with Gasteiger partial charge in [-0.2, -0.15) is 17.2 Å². The Morgan fingerprint density at radius 3 is 2.25 bits per heavy atom. The molecule has 12 heavy (non-hydrogen) atoms. The predicted octanol–water partition coefficient (Wildman–Crippen LogP) is -0.526. The van der Waals surface area contributed by atoms with E-state index in [0.29, 0.717) is 0 Å². The van der Waals surface area contributed by atoms with Crippen molar-refractivity contribution >= 4 is 10.1 Å². The second-order valence-electron chi connectivity index (χ2n) is 2.01. The SMILES string of the molecule is COCC(O)C(F)(F)S(=O)(=O)O. The molecule has 0 saturated heterocycles. The summed E-state index contributed by atoms with van der Waals surface area (Å²) >= 11 is 0. The lowest BCUT2D eigenvalue weighted by molar-refractivity contribution is -0.0776. The third-order valence-electron chi connectivity index (χ3n) is 1.06. The fraction of sp³-hybridized carbons (Fsp3) is 1.00. The zero-order chi connectivity index (χ0) is 9.99. The number of alkyl halides is 2. The summed E-state index contributed by atoms with van der Waals surface area (Å²) in [6.07, 6.45) is -2.57. The van der Waals surface area contributed by atoms with Crippen molar-refractivity contribution in [1.82, 2.24) is 0 Å². The second kappa shape index (κ2) is 3.60. The molecule has 2 N–H and O–H groups in total. The normalized spacial score (nSPS) is 16.1. The molecule has 0 radical (unpaired) electrons. The Kier molecular flexibility index (Phi) is 3.51. The molecule has 0 fully saturated rings. The molecule has 0 bridgehead atoms. The predicted molar refractivity (Wildman–Crippen MR) is 34.4 cm³/mol. The maximum absolute atomic E-state index is 12.3. The van der Waals surface area contributed by atoms with E-state index in [-0.39, 0.29) is 0 Å². The van der Waals surface area contributed by atoms with Crippen molar-refractivity contribution < 1.29 is 31.6 Å². The molecule has 0 aromatic rings. The molecule has 0 saturated carbocycles. The van der Waals surface area contributed by atoms with Crippen LogP contribution in [0.1, 0.15) is 0 Å². The minimum Gasteiger partial charge on any atom is -0.383 e. The van der Waals surface area contributed by atoms with Crippen LogP contribution in [-0.2, 0) is 14.9 Å². The Labute approximate surface area is 67.7 Å². The highest BCUT2D eigenvalue weighted by Crippen LogP contribution is 2.24. The smallest absolute Gasteiger partial charge is 0.383 e. The number of methoxy groups -OCH3 is 1. The second-order valence-corrected chi connectivity index (χ2v) is 3.50. The Hall–Kier alpha value is -0.310. The van der Waals surface area contributed by atoms with Gasteiger partial charge in [-0.3, -0.25) is 4.55 Å². The Morgan fingerprint density at radius 1 is 1.58 bits per heavy atom. The van der Waals surface area contributed by atoms with Crippen LogP contribution < -0.4 is 0 Å². The van der Waals surface area contributed by atoms with Gasteiger partial charge in [-0.05, 0) is 0 Å². The van der Waals surface area contributed by atoms with Gasteiger partial charge in [-0.1, -0.05) is 0 Å². The first-order valence-electron chi connectivity index (χ1n) is 2.75. The van der Waals surface area contributed by atoms with Gasteiger partial charge in [0.05, 0.1) is 6.61 Å². The fourth-order valence-electron chi connectivity index (χ4n) is 0.427. The molecular weight excluding hydrogens is 198 g/mol. The number of rotatable bonds is 4. The Bertz CT molecular complexity index is 236. The van der Waals surface area contributed by atoms with Gasteiger partial charge in [0.25, 0.3) is 0 Å². The zero-order valence-electron chi connectivity index (χ0n) is 6.07. The van der Waals surface area contributed by atoms with E-state index in [1.807, 2.05) is 0 Å². The molecule has 0 amide bonds. The molecule has 74 valence electrons. The van der Waals surface area contributed by atoms with E-state index in [2.05, 4.69) is 4.74 Å². The lowest BCUT2D eigenvalue weighted by atomic mass is 10.4. The molecule has 0 aromatic carbocycles. The molecule has 0 heterocycles. The van der Waals surface area contributed by atoms with Gasteiger partial charge in [0.1, 0.15) is 0 Å². The first-order chi connectivity index (χ1) is 5.23. The molecule has 0 spiro atoms. The molecular formula is C4H8F2O5S. The Morgan fingerprint density at radius 2 is 2.00 bits per heavy atom. The van der Waals surface area contributed by atoms with Gasteiger partial charge in [0.15, 0.2) is 6.10 Å². The van der Waals surface area contributed by atoms with Gasteiger partial charge in [-0.15, -0.1) is 0 Å². The van der Waals surface area contributed by atoms with Crippen LogP contribution in [-0.4, -0.2) is 43.2 Å². The van der Waals surface area contributed by atoms with Crippen molar-refractivity contribution in [2.75, 3.05) is 13.7 Å². The summed E-state index contributed by atoms with van der Waals surface area (Å²) in [7, 11) is -4.58. The minimum atomic E-state index is -5.59. The quantitative estimate of drug-likeness (QED) is 0.604. The van der Waals surface area contributed by atoms with Crippen LogP contribution in [0.15, 0.2) is 0 Å². The maximum atomic E-state index is 12.3. The van der Waals surface area contributed by atoms with Crippen molar-refractivity contribution in [1.29, 1.82) is 0 Å². The number of aliphatic hydroxyl groups excluding tert-OH is 1. The molecule has 0 aliphatic carbocycles. The third-order valence-corrected chi connectivity index (χ3v) is 2.02. The number of ether oxygens (including phenoxy) is 1. The molecule has 0 aliphatic heterocycles. The summed E-state index contributed by atoms with van der Waals surface area (Å²) in [5, 5.41) is 3.90. The molecule has 1 atom stereocenters. The standard InChI is InChI=1S/C4H8F2O5S/c1-11-2-3(7)4(5,6)12(8,9)10/h3,7H,2H2,1H3,(H,8,9,10). The molecule has 0 rings (SSSR count). The largest absolute Gasteiger partial charge is 0.397 e. The van der Waals surface area contributed by atoms with Crippen molar-refractivity contribution in [2.45, 2.75) is 11.4 Å². The highest BCUT2D eigenvalue weighted by molar-refractivity contribution is 7.86. The first kappa shape index (κ1) is 11.7. The van der Waals surface area contributed by atoms with E-state index in [0.717, 1.165) is 7.11 Å². The van der Waals surface area contributed by atoms with E-state index >= 15 is 0 Å². The van der Waals surface area contributed by atoms with Gasteiger partial charge in [0, 0.05) is 7.11 Å². The molecule has 1 unspecified atom stereocenters. The van der Waals surface area contributed by atoms with Crippen LogP contribution >= 0.6 is 0 Å². The molecule has 8 heteroatoms. The van der Waals surface area contributed by atoms with Crippen molar-refractivity contribution in [3.8, 4) is 0 Å². The average molecular weight is 206 g/mol. The summed E-state index contributed by atoms with van der Waals surface area (Å²) < 4.78 is 56.6. The van der Waals surface area contributed by atoms with Crippen LogP contribution in [0.2, 0.25) is 0 Å². The highest BCUT2D eigenvalue weighted by Gasteiger charge is 2.51. The lowest BCUT2D eigenvalue weighted by Gasteiger charge is -2.18. The van der Waals surface area contributed by atoms with Gasteiger partial charge >= 0.3 is 15.4 Å². The monoisotopic (exact) mass is 206 g/mol.